The summed E-state index contributed by atoms with van der Waals surface area (Å²) in [5.74, 6) is 0.605. The van der Waals surface area contributed by atoms with Gasteiger partial charge in [-0.15, -0.1) is 0 Å². The van der Waals surface area contributed by atoms with E-state index in [-0.39, 0.29) is 0 Å². The summed E-state index contributed by atoms with van der Waals surface area (Å²) in [6, 6.07) is 10.5. The Morgan fingerprint density at radius 3 is 2.65 bits per heavy atom. The van der Waals surface area contributed by atoms with Gasteiger partial charge >= 0.3 is 0 Å². The lowest BCUT2D eigenvalue weighted by molar-refractivity contribution is 0.214. The molecule has 1 saturated carbocycles. The van der Waals surface area contributed by atoms with Crippen LogP contribution >= 0.6 is 0 Å². The van der Waals surface area contributed by atoms with Crippen molar-refractivity contribution < 1.29 is 4.74 Å². The van der Waals surface area contributed by atoms with Crippen LogP contribution in [0.5, 0.6) is 5.75 Å². The second kappa shape index (κ2) is 6.93. The molecule has 4 heteroatoms. The minimum Gasteiger partial charge on any atom is -0.495 e. The number of hydrogen-bond donors (Lipinski definition) is 0. The van der Waals surface area contributed by atoms with E-state index in [0.717, 1.165) is 12.1 Å². The van der Waals surface area contributed by atoms with Crippen molar-refractivity contribution in [3.8, 4) is 17.9 Å². The maximum Gasteiger partial charge on any atom is 0.136 e. The van der Waals surface area contributed by atoms with E-state index in [1.54, 1.807) is 13.2 Å². The van der Waals surface area contributed by atoms with Gasteiger partial charge in [0, 0.05) is 12.6 Å². The van der Waals surface area contributed by atoms with Gasteiger partial charge in [-0.25, -0.2) is 0 Å². The van der Waals surface area contributed by atoms with Crippen molar-refractivity contribution in [2.45, 2.75) is 38.3 Å². The molecule has 0 aliphatic heterocycles. The Bertz CT molecular complexity index is 536. The maximum atomic E-state index is 9.00. The molecule has 0 heterocycles. The van der Waals surface area contributed by atoms with E-state index >= 15 is 0 Å². The van der Waals surface area contributed by atoms with Gasteiger partial charge in [-0.1, -0.05) is 18.9 Å². The summed E-state index contributed by atoms with van der Waals surface area (Å²) in [7, 11) is 1.57. The van der Waals surface area contributed by atoms with E-state index < -0.39 is 0 Å². The Morgan fingerprint density at radius 2 is 2.05 bits per heavy atom. The summed E-state index contributed by atoms with van der Waals surface area (Å²) in [5, 5.41) is 18.0. The van der Waals surface area contributed by atoms with Gasteiger partial charge in [-0.3, -0.25) is 4.90 Å². The van der Waals surface area contributed by atoms with Crippen LogP contribution in [0.4, 0.5) is 0 Å². The van der Waals surface area contributed by atoms with Crippen LogP contribution in [-0.2, 0) is 6.54 Å². The number of rotatable bonds is 5. The molecule has 4 nitrogen and oxygen atoms in total. The van der Waals surface area contributed by atoms with Crippen LogP contribution < -0.4 is 4.74 Å². The van der Waals surface area contributed by atoms with Crippen LogP contribution in [-0.4, -0.2) is 24.6 Å². The normalized spacial score (nSPS) is 15.0. The highest BCUT2D eigenvalue weighted by atomic mass is 16.5. The van der Waals surface area contributed by atoms with Gasteiger partial charge in [0.1, 0.15) is 11.8 Å². The second-order valence-corrected chi connectivity index (χ2v) is 5.15. The van der Waals surface area contributed by atoms with Gasteiger partial charge in [-0.05, 0) is 30.5 Å². The van der Waals surface area contributed by atoms with Crippen molar-refractivity contribution in [2.24, 2.45) is 0 Å². The molecule has 0 unspecified atom stereocenters. The highest BCUT2D eigenvalue weighted by molar-refractivity contribution is 5.45. The summed E-state index contributed by atoms with van der Waals surface area (Å²) in [4.78, 5) is 2.23. The standard InChI is InChI=1S/C16H19N3O/c1-20-16-10-13(6-7-14(16)11-18)12-19(9-8-17)15-4-2-3-5-15/h6-7,10,15H,2-5,9,12H2,1H3. The molecule has 104 valence electrons. The lowest BCUT2D eigenvalue weighted by atomic mass is 10.1. The van der Waals surface area contributed by atoms with Crippen LogP contribution in [0.3, 0.4) is 0 Å². The third-order valence-corrected chi connectivity index (χ3v) is 3.89. The minimum absolute atomic E-state index is 0.451. The molecule has 0 radical (unpaired) electrons. The Hall–Kier alpha value is -2.04. The van der Waals surface area contributed by atoms with E-state index in [1.807, 2.05) is 12.1 Å². The SMILES string of the molecule is COc1cc(CN(CC#N)C2CCCC2)ccc1C#N. The molecule has 1 aliphatic rings. The van der Waals surface area contributed by atoms with Gasteiger partial charge in [0.2, 0.25) is 0 Å². The van der Waals surface area contributed by atoms with Crippen LogP contribution in [0.15, 0.2) is 18.2 Å². The van der Waals surface area contributed by atoms with Crippen LogP contribution in [0, 0.1) is 22.7 Å². The molecule has 2 rings (SSSR count). The van der Waals surface area contributed by atoms with Crippen molar-refractivity contribution in [1.29, 1.82) is 10.5 Å². The van der Waals surface area contributed by atoms with Crippen LogP contribution in [0.1, 0.15) is 36.8 Å². The summed E-state index contributed by atoms with van der Waals surface area (Å²) < 4.78 is 5.24. The van der Waals surface area contributed by atoms with E-state index in [0.29, 0.717) is 23.9 Å². The number of nitrogens with zero attached hydrogens (tertiary/aromatic N) is 3. The van der Waals surface area contributed by atoms with Crippen LogP contribution in [0.25, 0.3) is 0 Å². The largest absolute Gasteiger partial charge is 0.495 e. The Morgan fingerprint density at radius 1 is 1.30 bits per heavy atom. The first-order valence-corrected chi connectivity index (χ1v) is 6.96. The topological polar surface area (TPSA) is 60.0 Å². The zero-order valence-corrected chi connectivity index (χ0v) is 11.8. The predicted octanol–water partition coefficient (Wildman–Crippen LogP) is 2.84. The highest BCUT2D eigenvalue weighted by Crippen LogP contribution is 2.26. The highest BCUT2D eigenvalue weighted by Gasteiger charge is 2.22. The average Bonchev–Trinajstić information content (AvgIpc) is 3.00. The van der Waals surface area contributed by atoms with Crippen molar-refractivity contribution in [3.05, 3.63) is 29.3 Å². The molecule has 0 atom stereocenters. The fourth-order valence-electron chi connectivity index (χ4n) is 2.84. The van der Waals surface area contributed by atoms with E-state index in [9.17, 15) is 0 Å². The number of ether oxygens (including phenoxy) is 1. The molecule has 1 aromatic carbocycles. The van der Waals surface area contributed by atoms with E-state index in [4.69, 9.17) is 15.3 Å². The fraction of sp³-hybridized carbons (Fsp3) is 0.500. The average molecular weight is 269 g/mol. The van der Waals surface area contributed by atoms with Gasteiger partial charge in [0.25, 0.3) is 0 Å². The predicted molar refractivity (Wildman–Crippen MR) is 76.0 cm³/mol. The number of hydrogen-bond acceptors (Lipinski definition) is 4. The zero-order valence-electron chi connectivity index (χ0n) is 11.8. The second-order valence-electron chi connectivity index (χ2n) is 5.15. The first kappa shape index (κ1) is 14.4. The molecule has 0 amide bonds. The molecule has 1 aliphatic carbocycles. The molecule has 0 aromatic heterocycles. The molecule has 0 spiro atoms. The summed E-state index contributed by atoms with van der Waals surface area (Å²) in [5.41, 5.74) is 1.63. The smallest absolute Gasteiger partial charge is 0.136 e. The molecule has 0 saturated heterocycles. The summed E-state index contributed by atoms with van der Waals surface area (Å²) >= 11 is 0. The van der Waals surface area contributed by atoms with Crippen molar-refractivity contribution in [2.75, 3.05) is 13.7 Å². The zero-order chi connectivity index (χ0) is 14.4. The molecular weight excluding hydrogens is 250 g/mol. The molecule has 1 aromatic rings. The molecule has 1 fully saturated rings. The molecule has 0 N–H and O–H groups in total. The van der Waals surface area contributed by atoms with Crippen molar-refractivity contribution in [3.63, 3.8) is 0 Å². The number of nitriles is 2. The first-order valence-electron chi connectivity index (χ1n) is 6.96. The third-order valence-electron chi connectivity index (χ3n) is 3.89. The van der Waals surface area contributed by atoms with Gasteiger partial charge in [0.05, 0.1) is 25.3 Å². The third kappa shape index (κ3) is 3.29. The van der Waals surface area contributed by atoms with Crippen molar-refractivity contribution >= 4 is 0 Å². The Kier molecular flexibility index (Phi) is 4.98. The number of benzene rings is 1. The van der Waals surface area contributed by atoms with Gasteiger partial charge in [-0.2, -0.15) is 10.5 Å². The minimum atomic E-state index is 0.451. The molecule has 0 bridgehead atoms. The first-order chi connectivity index (χ1) is 9.78. The monoisotopic (exact) mass is 269 g/mol. The van der Waals surface area contributed by atoms with Crippen LogP contribution in [0.2, 0.25) is 0 Å². The Balaban J connectivity index is 2.14. The Labute approximate surface area is 120 Å². The summed E-state index contributed by atoms with van der Waals surface area (Å²) in [6.45, 7) is 1.19. The van der Waals surface area contributed by atoms with Crippen molar-refractivity contribution in [1.82, 2.24) is 4.90 Å². The van der Waals surface area contributed by atoms with E-state index in [1.165, 1.54) is 25.7 Å². The summed E-state index contributed by atoms with van der Waals surface area (Å²) in [6.07, 6.45) is 4.86. The molecular formula is C16H19N3O. The number of methoxy groups -OCH3 is 1. The van der Waals surface area contributed by atoms with Gasteiger partial charge < -0.3 is 4.74 Å². The quantitative estimate of drug-likeness (QED) is 0.771. The van der Waals surface area contributed by atoms with E-state index in [2.05, 4.69) is 17.0 Å². The molecule has 20 heavy (non-hydrogen) atoms. The maximum absolute atomic E-state index is 9.00. The lowest BCUT2D eigenvalue weighted by Gasteiger charge is -2.26. The fourth-order valence-corrected chi connectivity index (χ4v) is 2.84. The lowest BCUT2D eigenvalue weighted by Crippen LogP contribution is -2.33. The van der Waals surface area contributed by atoms with Gasteiger partial charge in [0.15, 0.2) is 0 Å².